The number of nitrogens with zero attached hydrogens (tertiary/aromatic N) is 2. The molecule has 0 spiro atoms. The highest BCUT2D eigenvalue weighted by Crippen LogP contribution is 2.20. The van der Waals surface area contributed by atoms with Gasteiger partial charge in [0.2, 0.25) is 0 Å². The maximum atomic E-state index is 12.2. The molecule has 2 aliphatic heterocycles. The van der Waals surface area contributed by atoms with Gasteiger partial charge in [0, 0.05) is 31.4 Å². The third-order valence-electron chi connectivity index (χ3n) is 4.37. The second kappa shape index (κ2) is 5.41. The molecule has 0 aliphatic carbocycles. The Balaban J connectivity index is 1.59. The molecule has 0 bridgehead atoms. The molecule has 0 saturated carbocycles. The molecule has 110 valence electrons. The monoisotopic (exact) mass is 279 g/mol. The van der Waals surface area contributed by atoms with Gasteiger partial charge < -0.3 is 20.6 Å². The van der Waals surface area contributed by atoms with E-state index in [0.29, 0.717) is 17.8 Å². The summed E-state index contributed by atoms with van der Waals surface area (Å²) in [4.78, 5) is 32.5. The van der Waals surface area contributed by atoms with Gasteiger partial charge in [0.15, 0.2) is 0 Å². The van der Waals surface area contributed by atoms with Gasteiger partial charge in [-0.25, -0.2) is 4.79 Å². The number of aromatic amines is 2. The Morgan fingerprint density at radius 3 is 2.65 bits per heavy atom. The molecule has 2 aliphatic rings. The van der Waals surface area contributed by atoms with Gasteiger partial charge in [-0.05, 0) is 32.4 Å². The van der Waals surface area contributed by atoms with Gasteiger partial charge in [0.1, 0.15) is 5.69 Å². The molecule has 1 unspecified atom stereocenters. The second-order valence-electron chi connectivity index (χ2n) is 5.72. The summed E-state index contributed by atoms with van der Waals surface area (Å²) in [5.41, 5.74) is 5.93. The topological polar surface area (TPSA) is 98.2 Å². The second-order valence-corrected chi connectivity index (χ2v) is 5.72. The molecule has 1 aromatic heterocycles. The van der Waals surface area contributed by atoms with E-state index in [9.17, 15) is 9.59 Å². The highest BCUT2D eigenvalue weighted by atomic mass is 16.2. The van der Waals surface area contributed by atoms with Gasteiger partial charge in [-0.2, -0.15) is 0 Å². The Kier molecular flexibility index (Phi) is 3.62. The summed E-state index contributed by atoms with van der Waals surface area (Å²) >= 11 is 0. The lowest BCUT2D eigenvalue weighted by atomic mass is 10.0. The molecule has 2 saturated heterocycles. The molecule has 20 heavy (non-hydrogen) atoms. The number of aromatic nitrogens is 2. The van der Waals surface area contributed by atoms with Gasteiger partial charge >= 0.3 is 5.69 Å². The molecule has 7 heteroatoms. The molecule has 3 heterocycles. The zero-order valence-corrected chi connectivity index (χ0v) is 11.5. The lowest BCUT2D eigenvalue weighted by Crippen LogP contribution is -2.46. The number of H-pyrrole nitrogens is 2. The molecule has 4 N–H and O–H groups in total. The molecular formula is C13H21N5O2. The zero-order chi connectivity index (χ0) is 14.1. The highest BCUT2D eigenvalue weighted by Gasteiger charge is 2.32. The van der Waals surface area contributed by atoms with Crippen LogP contribution in [0, 0.1) is 0 Å². The van der Waals surface area contributed by atoms with E-state index in [1.165, 1.54) is 6.20 Å². The lowest BCUT2D eigenvalue weighted by molar-refractivity contribution is 0.0764. The summed E-state index contributed by atoms with van der Waals surface area (Å²) in [6.45, 7) is 3.53. The molecular weight excluding hydrogens is 258 g/mol. The first-order valence-corrected chi connectivity index (χ1v) is 7.20. The summed E-state index contributed by atoms with van der Waals surface area (Å²) in [6.07, 6.45) is 4.51. The van der Waals surface area contributed by atoms with E-state index in [4.69, 9.17) is 5.73 Å². The van der Waals surface area contributed by atoms with E-state index in [1.54, 1.807) is 0 Å². The van der Waals surface area contributed by atoms with Crippen molar-refractivity contribution in [3.05, 3.63) is 22.4 Å². The van der Waals surface area contributed by atoms with Crippen LogP contribution >= 0.6 is 0 Å². The number of rotatable bonds is 2. The van der Waals surface area contributed by atoms with Crippen LogP contribution in [0.15, 0.2) is 11.0 Å². The third kappa shape index (κ3) is 2.64. The summed E-state index contributed by atoms with van der Waals surface area (Å²) in [7, 11) is 0. The van der Waals surface area contributed by atoms with E-state index >= 15 is 0 Å². The van der Waals surface area contributed by atoms with Crippen LogP contribution in [0.5, 0.6) is 0 Å². The predicted molar refractivity (Wildman–Crippen MR) is 74.5 cm³/mol. The predicted octanol–water partition coefficient (Wildman–Crippen LogP) is -0.659. The van der Waals surface area contributed by atoms with Crippen molar-refractivity contribution in [1.82, 2.24) is 19.8 Å². The lowest BCUT2D eigenvalue weighted by Gasteiger charge is -2.34. The number of likely N-dealkylation sites (tertiary alicyclic amines) is 2. The van der Waals surface area contributed by atoms with Gasteiger partial charge in [0.25, 0.3) is 5.91 Å². The zero-order valence-electron chi connectivity index (χ0n) is 11.5. The van der Waals surface area contributed by atoms with Crippen molar-refractivity contribution in [2.24, 2.45) is 5.73 Å². The average molecular weight is 279 g/mol. The van der Waals surface area contributed by atoms with Crippen molar-refractivity contribution in [1.29, 1.82) is 0 Å². The Labute approximate surface area is 117 Å². The molecule has 0 aromatic carbocycles. The van der Waals surface area contributed by atoms with Crippen molar-refractivity contribution in [3.63, 3.8) is 0 Å². The van der Waals surface area contributed by atoms with Crippen LogP contribution in [-0.4, -0.2) is 63.9 Å². The molecule has 2 fully saturated rings. The average Bonchev–Trinajstić information content (AvgIpc) is 3.08. The number of nitrogens with one attached hydrogen (secondary N) is 2. The van der Waals surface area contributed by atoms with Crippen LogP contribution in [0.2, 0.25) is 0 Å². The number of nitrogens with two attached hydrogens (primary N) is 1. The number of piperidine rings is 1. The molecule has 1 amide bonds. The van der Waals surface area contributed by atoms with Crippen LogP contribution in [0.25, 0.3) is 0 Å². The quantitative estimate of drug-likeness (QED) is 0.669. The molecule has 3 rings (SSSR count). The van der Waals surface area contributed by atoms with E-state index in [1.807, 2.05) is 4.90 Å². The highest BCUT2D eigenvalue weighted by molar-refractivity contribution is 5.92. The molecule has 1 atom stereocenters. The normalized spacial score (nSPS) is 25.2. The maximum Gasteiger partial charge on any atom is 0.323 e. The van der Waals surface area contributed by atoms with E-state index in [2.05, 4.69) is 14.9 Å². The van der Waals surface area contributed by atoms with Crippen LogP contribution in [0.3, 0.4) is 0 Å². The molecule has 7 nitrogen and oxygen atoms in total. The van der Waals surface area contributed by atoms with Crippen molar-refractivity contribution in [2.45, 2.75) is 31.3 Å². The van der Waals surface area contributed by atoms with E-state index < -0.39 is 0 Å². The maximum absolute atomic E-state index is 12.2. The van der Waals surface area contributed by atoms with Crippen LogP contribution < -0.4 is 11.4 Å². The smallest absolute Gasteiger partial charge is 0.323 e. The summed E-state index contributed by atoms with van der Waals surface area (Å²) in [6, 6.07) is 0.757. The van der Waals surface area contributed by atoms with Crippen molar-refractivity contribution in [2.75, 3.05) is 26.2 Å². The van der Waals surface area contributed by atoms with Crippen molar-refractivity contribution >= 4 is 5.91 Å². The van der Waals surface area contributed by atoms with Crippen molar-refractivity contribution in [3.8, 4) is 0 Å². The first-order chi connectivity index (χ1) is 9.63. The van der Waals surface area contributed by atoms with E-state index in [-0.39, 0.29) is 11.6 Å². The number of hydrogen-bond donors (Lipinski definition) is 3. The SMILES string of the molecule is NC1CCN(C2CCN(C(=O)c3c[nH]c(=O)[nH]3)C2)CC1. The summed E-state index contributed by atoms with van der Waals surface area (Å²) in [5.74, 6) is -0.0976. The Bertz CT molecular complexity index is 529. The van der Waals surface area contributed by atoms with Gasteiger partial charge in [0.05, 0.1) is 0 Å². The number of imidazole rings is 1. The fourth-order valence-corrected chi connectivity index (χ4v) is 3.13. The number of carbonyl (C=O) groups is 1. The minimum Gasteiger partial charge on any atom is -0.336 e. The molecule has 0 radical (unpaired) electrons. The fourth-order valence-electron chi connectivity index (χ4n) is 3.13. The Morgan fingerprint density at radius 2 is 2.00 bits per heavy atom. The van der Waals surface area contributed by atoms with E-state index in [0.717, 1.165) is 45.4 Å². The fraction of sp³-hybridized carbons (Fsp3) is 0.692. The minimum atomic E-state index is -0.339. The van der Waals surface area contributed by atoms with Crippen molar-refractivity contribution < 1.29 is 4.79 Å². The van der Waals surface area contributed by atoms with Gasteiger partial charge in [-0.1, -0.05) is 0 Å². The first-order valence-electron chi connectivity index (χ1n) is 7.20. The van der Waals surface area contributed by atoms with Crippen LogP contribution in [0.1, 0.15) is 29.8 Å². The minimum absolute atomic E-state index is 0.0976. The van der Waals surface area contributed by atoms with Gasteiger partial charge in [-0.15, -0.1) is 0 Å². The van der Waals surface area contributed by atoms with Gasteiger partial charge in [-0.3, -0.25) is 9.69 Å². The number of hydrogen-bond acceptors (Lipinski definition) is 4. The van der Waals surface area contributed by atoms with Crippen LogP contribution in [0.4, 0.5) is 0 Å². The summed E-state index contributed by atoms with van der Waals surface area (Å²) in [5, 5.41) is 0. The Hall–Kier alpha value is -1.60. The first kappa shape index (κ1) is 13.4. The third-order valence-corrected chi connectivity index (χ3v) is 4.37. The number of amides is 1. The largest absolute Gasteiger partial charge is 0.336 e. The van der Waals surface area contributed by atoms with Crippen LogP contribution in [-0.2, 0) is 0 Å². The standard InChI is InChI=1S/C13H21N5O2/c14-9-1-4-17(5-2-9)10-3-6-18(8-10)12(19)11-7-15-13(20)16-11/h7,9-10H,1-6,8,14H2,(H2,15,16,20). The number of carbonyl (C=O) groups excluding carboxylic acids is 1. The molecule has 1 aromatic rings. The summed E-state index contributed by atoms with van der Waals surface area (Å²) < 4.78 is 0. The Morgan fingerprint density at radius 1 is 1.25 bits per heavy atom.